The average Bonchev–Trinajstić information content (AvgIpc) is 3.09. The fraction of sp³-hybridized carbons (Fsp3) is 0.556. The minimum absolute atomic E-state index is 0.0336. The van der Waals surface area contributed by atoms with Crippen molar-refractivity contribution in [2.75, 3.05) is 18.6 Å². The van der Waals surface area contributed by atoms with Crippen molar-refractivity contribution < 1.29 is 9.84 Å². The number of aromatic nitrogens is 2. The molecule has 4 N–H and O–H groups in total. The zero-order valence-electron chi connectivity index (χ0n) is 8.31. The topological polar surface area (TPSA) is 93.3 Å². The predicted octanol–water partition coefficient (Wildman–Crippen LogP) is 0.0107. The van der Waals surface area contributed by atoms with Crippen LogP contribution >= 0.6 is 0 Å². The molecular formula is C9H14N4O2. The molecule has 15 heavy (non-hydrogen) atoms. The van der Waals surface area contributed by atoms with E-state index in [-0.39, 0.29) is 13.2 Å². The molecule has 1 aromatic rings. The number of nitrogens with zero attached hydrogens (tertiary/aromatic N) is 2. The Hall–Kier alpha value is -1.40. The summed E-state index contributed by atoms with van der Waals surface area (Å²) in [6.07, 6.45) is 2.24. The molecule has 6 nitrogen and oxygen atoms in total. The molecule has 1 aromatic heterocycles. The van der Waals surface area contributed by atoms with Crippen LogP contribution in [0, 0.1) is 0 Å². The van der Waals surface area contributed by atoms with Crippen LogP contribution < -0.4 is 16.0 Å². The third-order valence-corrected chi connectivity index (χ3v) is 2.15. The van der Waals surface area contributed by atoms with Crippen LogP contribution in [0.5, 0.6) is 5.88 Å². The monoisotopic (exact) mass is 210 g/mol. The predicted molar refractivity (Wildman–Crippen MR) is 54.4 cm³/mol. The summed E-state index contributed by atoms with van der Waals surface area (Å²) in [5.41, 5.74) is 2.47. The summed E-state index contributed by atoms with van der Waals surface area (Å²) >= 11 is 0. The lowest BCUT2D eigenvalue weighted by molar-refractivity contribution is 0.196. The summed E-state index contributed by atoms with van der Waals surface area (Å²) in [5.74, 6) is 7.49. The molecule has 6 heteroatoms. The number of aliphatic hydroxyl groups is 1. The van der Waals surface area contributed by atoms with Gasteiger partial charge in [0, 0.05) is 12.0 Å². The molecular weight excluding hydrogens is 196 g/mol. The fourth-order valence-corrected chi connectivity index (χ4v) is 1.27. The van der Waals surface area contributed by atoms with Crippen LogP contribution in [0.4, 0.5) is 5.82 Å². The van der Waals surface area contributed by atoms with Gasteiger partial charge in [-0.1, -0.05) is 0 Å². The Labute approximate surface area is 87.5 Å². The number of rotatable bonds is 5. The van der Waals surface area contributed by atoms with Crippen LogP contribution in [0.15, 0.2) is 6.07 Å². The first kappa shape index (κ1) is 10.1. The summed E-state index contributed by atoms with van der Waals surface area (Å²) in [6.45, 7) is 0.194. The van der Waals surface area contributed by atoms with Crippen LogP contribution in [-0.4, -0.2) is 28.3 Å². The van der Waals surface area contributed by atoms with Gasteiger partial charge in [0.2, 0.25) is 5.88 Å². The zero-order valence-corrected chi connectivity index (χ0v) is 8.31. The van der Waals surface area contributed by atoms with Crippen molar-refractivity contribution in [3.05, 3.63) is 11.9 Å². The second kappa shape index (κ2) is 4.41. The average molecular weight is 210 g/mol. The van der Waals surface area contributed by atoms with Gasteiger partial charge < -0.3 is 15.3 Å². The molecule has 0 amide bonds. The number of hydrogen-bond acceptors (Lipinski definition) is 6. The number of anilines is 1. The second-order valence-electron chi connectivity index (χ2n) is 3.44. The first-order valence-electron chi connectivity index (χ1n) is 4.92. The first-order chi connectivity index (χ1) is 7.33. The van der Waals surface area contributed by atoms with Gasteiger partial charge in [0.1, 0.15) is 18.2 Å². The molecule has 1 heterocycles. The molecule has 0 aliphatic heterocycles. The van der Waals surface area contributed by atoms with Gasteiger partial charge in [0.05, 0.1) is 6.61 Å². The molecule has 1 aliphatic carbocycles. The number of nitrogens with two attached hydrogens (primary N) is 1. The summed E-state index contributed by atoms with van der Waals surface area (Å²) in [5, 5.41) is 8.64. The van der Waals surface area contributed by atoms with E-state index in [0.29, 0.717) is 17.6 Å². The largest absolute Gasteiger partial charge is 0.475 e. The van der Waals surface area contributed by atoms with Crippen LogP contribution in [0.1, 0.15) is 24.6 Å². The maximum atomic E-state index is 8.64. The third-order valence-electron chi connectivity index (χ3n) is 2.15. The van der Waals surface area contributed by atoms with Crippen LogP contribution in [0.25, 0.3) is 0 Å². The molecule has 0 bridgehead atoms. The van der Waals surface area contributed by atoms with Crippen molar-refractivity contribution in [2.45, 2.75) is 18.8 Å². The molecule has 1 aliphatic rings. The highest BCUT2D eigenvalue weighted by molar-refractivity contribution is 5.38. The Bertz CT molecular complexity index is 341. The Kier molecular flexibility index (Phi) is 2.98. The van der Waals surface area contributed by atoms with Crippen molar-refractivity contribution in [3.63, 3.8) is 0 Å². The normalized spacial score (nSPS) is 15.1. The van der Waals surface area contributed by atoms with Gasteiger partial charge >= 0.3 is 0 Å². The van der Waals surface area contributed by atoms with Crippen molar-refractivity contribution >= 4 is 5.82 Å². The highest BCUT2D eigenvalue weighted by atomic mass is 16.5. The van der Waals surface area contributed by atoms with E-state index in [1.807, 2.05) is 0 Å². The molecule has 1 fully saturated rings. The highest BCUT2D eigenvalue weighted by Gasteiger charge is 2.27. The van der Waals surface area contributed by atoms with Crippen molar-refractivity contribution in [1.29, 1.82) is 0 Å². The maximum absolute atomic E-state index is 8.64. The maximum Gasteiger partial charge on any atom is 0.218 e. The second-order valence-corrected chi connectivity index (χ2v) is 3.44. The Balaban J connectivity index is 2.16. The molecule has 0 atom stereocenters. The highest BCUT2D eigenvalue weighted by Crippen LogP contribution is 2.38. The van der Waals surface area contributed by atoms with Crippen molar-refractivity contribution in [2.24, 2.45) is 5.84 Å². The van der Waals surface area contributed by atoms with Crippen LogP contribution in [0.2, 0.25) is 0 Å². The molecule has 2 rings (SSSR count). The molecule has 0 saturated heterocycles. The van der Waals surface area contributed by atoms with Gasteiger partial charge in [-0.15, -0.1) is 0 Å². The van der Waals surface area contributed by atoms with Gasteiger partial charge in [-0.05, 0) is 12.8 Å². The van der Waals surface area contributed by atoms with Gasteiger partial charge in [0.15, 0.2) is 0 Å². The summed E-state index contributed by atoms with van der Waals surface area (Å²) in [7, 11) is 0. The summed E-state index contributed by atoms with van der Waals surface area (Å²) in [4.78, 5) is 8.47. The lowest BCUT2D eigenvalue weighted by Crippen LogP contribution is -2.12. The number of hydrogen-bond donors (Lipinski definition) is 3. The van der Waals surface area contributed by atoms with Crippen molar-refractivity contribution in [3.8, 4) is 5.88 Å². The van der Waals surface area contributed by atoms with Crippen LogP contribution in [0.3, 0.4) is 0 Å². The summed E-state index contributed by atoms with van der Waals surface area (Å²) < 4.78 is 5.22. The van der Waals surface area contributed by atoms with Gasteiger partial charge in [-0.25, -0.2) is 10.8 Å². The first-order valence-corrected chi connectivity index (χ1v) is 4.92. The fourth-order valence-electron chi connectivity index (χ4n) is 1.27. The standard InChI is InChI=1S/C9H14N4O2/c10-13-7-5-8(15-4-3-14)12-9(11-7)6-1-2-6/h5-6,14H,1-4,10H2,(H,11,12,13). The van der Waals surface area contributed by atoms with Gasteiger partial charge in [0.25, 0.3) is 0 Å². The Morgan fingerprint density at radius 1 is 1.53 bits per heavy atom. The molecule has 0 aromatic carbocycles. The van der Waals surface area contributed by atoms with E-state index >= 15 is 0 Å². The number of hydrazine groups is 1. The zero-order chi connectivity index (χ0) is 10.7. The molecule has 0 radical (unpaired) electrons. The van der Waals surface area contributed by atoms with E-state index in [9.17, 15) is 0 Å². The smallest absolute Gasteiger partial charge is 0.218 e. The van der Waals surface area contributed by atoms with Crippen LogP contribution in [-0.2, 0) is 0 Å². The minimum atomic E-state index is -0.0336. The molecule has 0 spiro atoms. The molecule has 0 unspecified atom stereocenters. The van der Waals surface area contributed by atoms with E-state index < -0.39 is 0 Å². The van der Waals surface area contributed by atoms with E-state index in [0.717, 1.165) is 18.7 Å². The lowest BCUT2D eigenvalue weighted by Gasteiger charge is -2.07. The third kappa shape index (κ3) is 2.54. The number of aliphatic hydroxyl groups excluding tert-OH is 1. The van der Waals surface area contributed by atoms with Gasteiger partial charge in [-0.2, -0.15) is 4.98 Å². The Morgan fingerprint density at radius 3 is 2.93 bits per heavy atom. The van der Waals surface area contributed by atoms with E-state index in [1.165, 1.54) is 0 Å². The quantitative estimate of drug-likeness (QED) is 0.468. The lowest BCUT2D eigenvalue weighted by atomic mass is 10.4. The van der Waals surface area contributed by atoms with E-state index in [4.69, 9.17) is 15.7 Å². The number of nitrogens with one attached hydrogen (secondary N) is 1. The molecule has 1 saturated carbocycles. The van der Waals surface area contributed by atoms with Gasteiger partial charge in [-0.3, -0.25) is 0 Å². The number of ether oxygens (including phenoxy) is 1. The van der Waals surface area contributed by atoms with Crippen molar-refractivity contribution in [1.82, 2.24) is 9.97 Å². The molecule has 82 valence electrons. The van der Waals surface area contributed by atoms with E-state index in [2.05, 4.69) is 15.4 Å². The number of nitrogen functional groups attached to an aromatic ring is 1. The SMILES string of the molecule is NNc1cc(OCCO)nc(C2CC2)n1. The minimum Gasteiger partial charge on any atom is -0.475 e. The summed E-state index contributed by atoms with van der Waals surface area (Å²) in [6, 6.07) is 1.61. The van der Waals surface area contributed by atoms with E-state index in [1.54, 1.807) is 6.07 Å². The Morgan fingerprint density at radius 2 is 2.33 bits per heavy atom.